The molecule has 19 heavy (non-hydrogen) atoms. The van der Waals surface area contributed by atoms with Crippen LogP contribution in [0.25, 0.3) is 0 Å². The lowest BCUT2D eigenvalue weighted by atomic mass is 9.99. The van der Waals surface area contributed by atoms with Crippen LogP contribution >= 0.6 is 0 Å². The maximum Gasteiger partial charge on any atom is 0.0648 e. The van der Waals surface area contributed by atoms with E-state index in [0.29, 0.717) is 0 Å². The lowest BCUT2D eigenvalue weighted by Crippen LogP contribution is -2.13. The molecule has 1 unspecified atom stereocenters. The van der Waals surface area contributed by atoms with Gasteiger partial charge in [-0.1, -0.05) is 30.3 Å². The minimum atomic E-state index is 0.0536. The number of hydrogen-bond donors (Lipinski definition) is 1. The summed E-state index contributed by atoms with van der Waals surface area (Å²) in [6.07, 6.45) is 3.14. The third-order valence-electron chi connectivity index (χ3n) is 3.36. The summed E-state index contributed by atoms with van der Waals surface area (Å²) in [5.41, 5.74) is 10.6. The summed E-state index contributed by atoms with van der Waals surface area (Å²) < 4.78 is 0. The predicted octanol–water partition coefficient (Wildman–Crippen LogP) is 3.12. The molecule has 0 fully saturated rings. The van der Waals surface area contributed by atoms with Crippen molar-refractivity contribution in [3.63, 3.8) is 0 Å². The average molecular weight is 255 g/mol. The van der Waals surface area contributed by atoms with Crippen LogP contribution in [-0.2, 0) is 6.42 Å². The molecule has 0 aliphatic heterocycles. The lowest BCUT2D eigenvalue weighted by Gasteiger charge is -2.14. The van der Waals surface area contributed by atoms with Crippen LogP contribution in [0.4, 0.5) is 0 Å². The SMILES string of the molecule is Cc1cc(C(N)CCCc2ccccc2)c(C)nn1. The molecule has 2 rings (SSSR count). The van der Waals surface area contributed by atoms with Gasteiger partial charge in [-0.15, -0.1) is 0 Å². The molecule has 3 heteroatoms. The molecule has 2 aromatic rings. The number of benzene rings is 1. The molecule has 3 nitrogen and oxygen atoms in total. The van der Waals surface area contributed by atoms with Gasteiger partial charge in [0.15, 0.2) is 0 Å². The summed E-state index contributed by atoms with van der Waals surface area (Å²) >= 11 is 0. The van der Waals surface area contributed by atoms with E-state index in [9.17, 15) is 0 Å². The molecule has 0 aliphatic rings. The second-order valence-corrected chi connectivity index (χ2v) is 5.01. The van der Waals surface area contributed by atoms with E-state index in [1.54, 1.807) is 0 Å². The number of aryl methyl sites for hydroxylation is 3. The van der Waals surface area contributed by atoms with Crippen LogP contribution in [0.3, 0.4) is 0 Å². The Morgan fingerprint density at radius 3 is 2.58 bits per heavy atom. The van der Waals surface area contributed by atoms with Crippen molar-refractivity contribution in [3.05, 3.63) is 58.9 Å². The average Bonchev–Trinajstić information content (AvgIpc) is 2.42. The normalized spacial score (nSPS) is 12.4. The lowest BCUT2D eigenvalue weighted by molar-refractivity contribution is 0.602. The molecule has 1 atom stereocenters. The molecule has 0 saturated heterocycles. The summed E-state index contributed by atoms with van der Waals surface area (Å²) in [5, 5.41) is 8.18. The van der Waals surface area contributed by atoms with Crippen molar-refractivity contribution in [1.82, 2.24) is 10.2 Å². The maximum atomic E-state index is 6.26. The van der Waals surface area contributed by atoms with Gasteiger partial charge in [0.2, 0.25) is 0 Å². The van der Waals surface area contributed by atoms with Crippen LogP contribution in [0, 0.1) is 13.8 Å². The highest BCUT2D eigenvalue weighted by molar-refractivity contribution is 5.23. The van der Waals surface area contributed by atoms with Crippen molar-refractivity contribution < 1.29 is 0 Å². The molecule has 2 N–H and O–H groups in total. The van der Waals surface area contributed by atoms with Gasteiger partial charge in [-0.3, -0.25) is 0 Å². The van der Waals surface area contributed by atoms with Gasteiger partial charge in [0.25, 0.3) is 0 Å². The minimum absolute atomic E-state index is 0.0536. The Hall–Kier alpha value is -1.74. The van der Waals surface area contributed by atoms with Gasteiger partial charge < -0.3 is 5.73 Å². The van der Waals surface area contributed by atoms with E-state index in [2.05, 4.69) is 40.5 Å². The quantitative estimate of drug-likeness (QED) is 0.893. The van der Waals surface area contributed by atoms with Gasteiger partial charge in [0, 0.05) is 6.04 Å². The van der Waals surface area contributed by atoms with Crippen LogP contribution < -0.4 is 5.73 Å². The number of rotatable bonds is 5. The van der Waals surface area contributed by atoms with Crippen LogP contribution in [0.1, 0.15) is 41.4 Å². The van der Waals surface area contributed by atoms with Gasteiger partial charge in [0.05, 0.1) is 11.4 Å². The first kappa shape index (κ1) is 13.7. The monoisotopic (exact) mass is 255 g/mol. The summed E-state index contributed by atoms with van der Waals surface area (Å²) in [7, 11) is 0. The molecule has 0 aliphatic carbocycles. The minimum Gasteiger partial charge on any atom is -0.324 e. The Balaban J connectivity index is 1.91. The highest BCUT2D eigenvalue weighted by atomic mass is 15.1. The summed E-state index contributed by atoms with van der Waals surface area (Å²) in [6, 6.07) is 12.6. The zero-order valence-corrected chi connectivity index (χ0v) is 11.6. The van der Waals surface area contributed by atoms with Crippen molar-refractivity contribution in [2.75, 3.05) is 0 Å². The largest absolute Gasteiger partial charge is 0.324 e. The Morgan fingerprint density at radius 1 is 1.11 bits per heavy atom. The van der Waals surface area contributed by atoms with Gasteiger partial charge >= 0.3 is 0 Å². The van der Waals surface area contributed by atoms with E-state index >= 15 is 0 Å². The Bertz CT molecular complexity index is 523. The number of nitrogens with two attached hydrogens (primary N) is 1. The van der Waals surface area contributed by atoms with E-state index in [1.165, 1.54) is 5.56 Å². The highest BCUT2D eigenvalue weighted by Crippen LogP contribution is 2.19. The zero-order chi connectivity index (χ0) is 13.7. The first-order valence-electron chi connectivity index (χ1n) is 6.77. The van der Waals surface area contributed by atoms with Gasteiger partial charge in [0.1, 0.15) is 0 Å². The maximum absolute atomic E-state index is 6.26. The third-order valence-corrected chi connectivity index (χ3v) is 3.36. The number of hydrogen-bond acceptors (Lipinski definition) is 3. The molecule has 100 valence electrons. The Kier molecular flexibility index (Phi) is 4.63. The molecule has 1 aromatic carbocycles. The highest BCUT2D eigenvalue weighted by Gasteiger charge is 2.10. The molecule has 0 radical (unpaired) electrons. The molecule has 0 amide bonds. The summed E-state index contributed by atoms with van der Waals surface area (Å²) in [5.74, 6) is 0. The second kappa shape index (κ2) is 6.43. The van der Waals surface area contributed by atoms with Crippen molar-refractivity contribution in [2.45, 2.75) is 39.2 Å². The van der Waals surface area contributed by atoms with E-state index in [0.717, 1.165) is 36.2 Å². The topological polar surface area (TPSA) is 51.8 Å². The fourth-order valence-electron chi connectivity index (χ4n) is 2.27. The molecular formula is C16H21N3. The molecule has 0 spiro atoms. The predicted molar refractivity (Wildman–Crippen MR) is 77.8 cm³/mol. The van der Waals surface area contributed by atoms with Crippen LogP contribution in [0.5, 0.6) is 0 Å². The summed E-state index contributed by atoms with van der Waals surface area (Å²) in [4.78, 5) is 0. The Labute approximate surface area is 114 Å². The van der Waals surface area contributed by atoms with Crippen LogP contribution in [0.2, 0.25) is 0 Å². The smallest absolute Gasteiger partial charge is 0.0648 e. The van der Waals surface area contributed by atoms with Crippen LogP contribution in [-0.4, -0.2) is 10.2 Å². The van der Waals surface area contributed by atoms with Gasteiger partial charge in [-0.05, 0) is 50.3 Å². The van der Waals surface area contributed by atoms with Gasteiger partial charge in [-0.2, -0.15) is 10.2 Å². The van der Waals surface area contributed by atoms with E-state index < -0.39 is 0 Å². The molecule has 1 heterocycles. The van der Waals surface area contributed by atoms with Gasteiger partial charge in [-0.25, -0.2) is 0 Å². The Morgan fingerprint density at radius 2 is 1.84 bits per heavy atom. The standard InChI is InChI=1S/C16H21N3/c1-12-11-15(13(2)19-18-12)16(17)10-6-9-14-7-4-3-5-8-14/h3-5,7-8,11,16H,6,9-10,17H2,1-2H3. The number of nitrogens with zero attached hydrogens (tertiary/aromatic N) is 2. The van der Waals surface area contributed by atoms with Crippen molar-refractivity contribution in [1.29, 1.82) is 0 Å². The molecular weight excluding hydrogens is 234 g/mol. The summed E-state index contributed by atoms with van der Waals surface area (Å²) in [6.45, 7) is 3.92. The first-order chi connectivity index (χ1) is 9.16. The second-order valence-electron chi connectivity index (χ2n) is 5.01. The number of aromatic nitrogens is 2. The van der Waals surface area contributed by atoms with E-state index in [-0.39, 0.29) is 6.04 Å². The molecule has 1 aromatic heterocycles. The zero-order valence-electron chi connectivity index (χ0n) is 11.6. The van der Waals surface area contributed by atoms with Crippen molar-refractivity contribution in [2.24, 2.45) is 5.73 Å². The van der Waals surface area contributed by atoms with Crippen molar-refractivity contribution >= 4 is 0 Å². The first-order valence-corrected chi connectivity index (χ1v) is 6.77. The fourth-order valence-corrected chi connectivity index (χ4v) is 2.27. The molecule has 0 saturated carbocycles. The van der Waals surface area contributed by atoms with Crippen LogP contribution in [0.15, 0.2) is 36.4 Å². The van der Waals surface area contributed by atoms with E-state index in [4.69, 9.17) is 5.73 Å². The third kappa shape index (κ3) is 3.86. The van der Waals surface area contributed by atoms with Crippen molar-refractivity contribution in [3.8, 4) is 0 Å². The van der Waals surface area contributed by atoms with E-state index in [1.807, 2.05) is 19.9 Å². The molecule has 0 bridgehead atoms. The fraction of sp³-hybridized carbons (Fsp3) is 0.375.